The minimum absolute atomic E-state index is 0.0635. The molecule has 0 saturated carbocycles. The van der Waals surface area contributed by atoms with E-state index in [1.807, 2.05) is 26.8 Å². The molecule has 0 aliphatic heterocycles. The number of amides is 1. The molecule has 4 nitrogen and oxygen atoms in total. The molecule has 90 valence electrons. The van der Waals surface area contributed by atoms with Crippen molar-refractivity contribution in [2.24, 2.45) is 0 Å². The second-order valence-electron chi connectivity index (χ2n) is 4.25. The summed E-state index contributed by atoms with van der Waals surface area (Å²) in [5.41, 5.74) is 1.54. The van der Waals surface area contributed by atoms with Crippen LogP contribution in [0.5, 0.6) is 0 Å². The smallest absolute Gasteiger partial charge is 0.255 e. The first-order valence-corrected chi connectivity index (χ1v) is 5.66. The standard InChI is InChI=1S/C13H17N3O/c1-10(2)16(6-4-5-14)13(17)12-7-11(3)8-15-9-12/h7-10H,4,6H2,1-3H3. The van der Waals surface area contributed by atoms with Crippen molar-refractivity contribution < 1.29 is 4.79 Å². The van der Waals surface area contributed by atoms with Gasteiger partial charge in [-0.25, -0.2) is 0 Å². The van der Waals surface area contributed by atoms with Crippen LogP contribution in [0.4, 0.5) is 0 Å². The Bertz CT molecular complexity index is 435. The number of carbonyl (C=O) groups is 1. The van der Waals surface area contributed by atoms with Crippen molar-refractivity contribution >= 4 is 5.91 Å². The summed E-state index contributed by atoms with van der Waals surface area (Å²) in [5.74, 6) is -0.0635. The Morgan fingerprint density at radius 3 is 2.76 bits per heavy atom. The van der Waals surface area contributed by atoms with Crippen molar-refractivity contribution in [3.8, 4) is 6.07 Å². The number of carbonyl (C=O) groups excluding carboxylic acids is 1. The number of pyridine rings is 1. The predicted molar refractivity (Wildman–Crippen MR) is 65.4 cm³/mol. The number of nitriles is 1. The van der Waals surface area contributed by atoms with Crippen molar-refractivity contribution in [2.45, 2.75) is 33.2 Å². The molecule has 4 heteroatoms. The molecule has 0 saturated heterocycles. The van der Waals surface area contributed by atoms with Crippen LogP contribution < -0.4 is 0 Å². The Kier molecular flexibility index (Phi) is 4.65. The summed E-state index contributed by atoms with van der Waals surface area (Å²) in [4.78, 5) is 17.9. The predicted octanol–water partition coefficient (Wildman–Crippen LogP) is 2.15. The molecule has 1 heterocycles. The highest BCUT2D eigenvalue weighted by molar-refractivity contribution is 5.94. The van der Waals surface area contributed by atoms with Gasteiger partial charge >= 0.3 is 0 Å². The molecule has 0 unspecified atom stereocenters. The summed E-state index contributed by atoms with van der Waals surface area (Å²) in [7, 11) is 0. The van der Waals surface area contributed by atoms with Gasteiger partial charge < -0.3 is 4.90 Å². The van der Waals surface area contributed by atoms with E-state index in [0.29, 0.717) is 18.5 Å². The first-order chi connectivity index (χ1) is 8.06. The Morgan fingerprint density at radius 2 is 2.24 bits per heavy atom. The molecule has 0 aromatic carbocycles. The summed E-state index contributed by atoms with van der Waals surface area (Å²) in [6.45, 7) is 6.25. The molecule has 1 aromatic heterocycles. The second kappa shape index (κ2) is 6.00. The highest BCUT2D eigenvalue weighted by Gasteiger charge is 2.18. The van der Waals surface area contributed by atoms with Gasteiger partial charge in [-0.1, -0.05) is 0 Å². The van der Waals surface area contributed by atoms with Crippen LogP contribution >= 0.6 is 0 Å². The first kappa shape index (κ1) is 13.2. The third-order valence-corrected chi connectivity index (χ3v) is 2.47. The van der Waals surface area contributed by atoms with Crippen molar-refractivity contribution in [3.63, 3.8) is 0 Å². The van der Waals surface area contributed by atoms with Gasteiger partial charge in [0.15, 0.2) is 0 Å². The number of aromatic nitrogens is 1. The van der Waals surface area contributed by atoms with Crippen molar-refractivity contribution in [1.29, 1.82) is 5.26 Å². The minimum atomic E-state index is -0.0635. The van der Waals surface area contributed by atoms with Crippen molar-refractivity contribution in [3.05, 3.63) is 29.6 Å². The maximum absolute atomic E-state index is 12.2. The molecule has 0 spiro atoms. The van der Waals surface area contributed by atoms with Crippen molar-refractivity contribution in [2.75, 3.05) is 6.54 Å². The molecule has 0 fully saturated rings. The fraction of sp³-hybridized carbons (Fsp3) is 0.462. The van der Waals surface area contributed by atoms with E-state index < -0.39 is 0 Å². The fourth-order valence-corrected chi connectivity index (χ4v) is 1.60. The van der Waals surface area contributed by atoms with Crippen LogP contribution in [-0.2, 0) is 0 Å². The van der Waals surface area contributed by atoms with Crippen LogP contribution in [0.1, 0.15) is 36.2 Å². The number of aryl methyl sites for hydroxylation is 1. The summed E-state index contributed by atoms with van der Waals surface area (Å²) in [5, 5.41) is 8.59. The van der Waals surface area contributed by atoms with Gasteiger partial charge in [0.1, 0.15) is 0 Å². The lowest BCUT2D eigenvalue weighted by Gasteiger charge is -2.25. The monoisotopic (exact) mass is 231 g/mol. The largest absolute Gasteiger partial charge is 0.335 e. The summed E-state index contributed by atoms with van der Waals surface area (Å²) >= 11 is 0. The van der Waals surface area contributed by atoms with Crippen LogP contribution in [0.3, 0.4) is 0 Å². The van der Waals surface area contributed by atoms with E-state index in [1.54, 1.807) is 17.3 Å². The molecule has 17 heavy (non-hydrogen) atoms. The topological polar surface area (TPSA) is 57.0 Å². The van der Waals surface area contributed by atoms with Crippen LogP contribution in [0.25, 0.3) is 0 Å². The van der Waals surface area contributed by atoms with E-state index in [9.17, 15) is 4.79 Å². The zero-order chi connectivity index (χ0) is 12.8. The summed E-state index contributed by atoms with van der Waals surface area (Å²) in [6.07, 6.45) is 3.63. The Morgan fingerprint density at radius 1 is 1.53 bits per heavy atom. The van der Waals surface area contributed by atoms with Gasteiger partial charge in [0, 0.05) is 25.0 Å². The SMILES string of the molecule is Cc1cncc(C(=O)N(CCC#N)C(C)C)c1. The zero-order valence-electron chi connectivity index (χ0n) is 10.5. The molecule has 0 atom stereocenters. The molecule has 1 amide bonds. The van der Waals surface area contributed by atoms with E-state index >= 15 is 0 Å². The Hall–Kier alpha value is -1.89. The third-order valence-electron chi connectivity index (χ3n) is 2.47. The van der Waals surface area contributed by atoms with Crippen LogP contribution in [0, 0.1) is 18.3 Å². The Balaban J connectivity index is 2.88. The van der Waals surface area contributed by atoms with Crippen LogP contribution in [-0.4, -0.2) is 28.4 Å². The van der Waals surface area contributed by atoms with Crippen LogP contribution in [0.15, 0.2) is 18.5 Å². The Labute approximate surface area is 102 Å². The fourth-order valence-electron chi connectivity index (χ4n) is 1.60. The van der Waals surface area contributed by atoms with Gasteiger partial charge in [-0.15, -0.1) is 0 Å². The maximum Gasteiger partial charge on any atom is 0.255 e. The number of rotatable bonds is 4. The molecule has 0 aliphatic carbocycles. The van der Waals surface area contributed by atoms with E-state index in [2.05, 4.69) is 11.1 Å². The van der Waals surface area contributed by atoms with Gasteiger partial charge in [0.2, 0.25) is 0 Å². The van der Waals surface area contributed by atoms with Crippen LogP contribution in [0.2, 0.25) is 0 Å². The second-order valence-corrected chi connectivity index (χ2v) is 4.25. The van der Waals surface area contributed by atoms with Crippen molar-refractivity contribution in [1.82, 2.24) is 9.88 Å². The normalized spacial score (nSPS) is 10.1. The summed E-state index contributed by atoms with van der Waals surface area (Å²) in [6, 6.07) is 3.96. The maximum atomic E-state index is 12.2. The van der Waals surface area contributed by atoms with E-state index in [-0.39, 0.29) is 11.9 Å². The van der Waals surface area contributed by atoms with Gasteiger partial charge in [0.05, 0.1) is 18.1 Å². The quantitative estimate of drug-likeness (QED) is 0.797. The molecule has 0 radical (unpaired) electrons. The van der Waals surface area contributed by atoms with Gasteiger partial charge in [0.25, 0.3) is 5.91 Å². The molecular weight excluding hydrogens is 214 g/mol. The van der Waals surface area contributed by atoms with Gasteiger partial charge in [-0.3, -0.25) is 9.78 Å². The minimum Gasteiger partial charge on any atom is -0.335 e. The number of hydrogen-bond donors (Lipinski definition) is 0. The lowest BCUT2D eigenvalue weighted by Crippen LogP contribution is -2.37. The number of nitrogens with zero attached hydrogens (tertiary/aromatic N) is 3. The molecule has 1 rings (SSSR count). The molecule has 0 aliphatic rings. The molecule has 0 N–H and O–H groups in total. The van der Waals surface area contributed by atoms with Gasteiger partial charge in [-0.05, 0) is 32.4 Å². The third kappa shape index (κ3) is 3.56. The molecule has 0 bridgehead atoms. The molecular formula is C13H17N3O. The average Bonchev–Trinajstić information content (AvgIpc) is 2.29. The first-order valence-electron chi connectivity index (χ1n) is 5.66. The zero-order valence-corrected chi connectivity index (χ0v) is 10.5. The van der Waals surface area contributed by atoms with E-state index in [4.69, 9.17) is 5.26 Å². The molecule has 1 aromatic rings. The lowest BCUT2D eigenvalue weighted by atomic mass is 10.1. The average molecular weight is 231 g/mol. The highest BCUT2D eigenvalue weighted by Crippen LogP contribution is 2.09. The number of hydrogen-bond acceptors (Lipinski definition) is 3. The lowest BCUT2D eigenvalue weighted by molar-refractivity contribution is 0.0709. The van der Waals surface area contributed by atoms with E-state index in [0.717, 1.165) is 5.56 Å². The summed E-state index contributed by atoms with van der Waals surface area (Å²) < 4.78 is 0. The van der Waals surface area contributed by atoms with E-state index in [1.165, 1.54) is 0 Å². The highest BCUT2D eigenvalue weighted by atomic mass is 16.2. The van der Waals surface area contributed by atoms with Gasteiger partial charge in [-0.2, -0.15) is 5.26 Å².